The number of nitrogens with one attached hydrogen (secondary N) is 2. The number of halogens is 1. The van der Waals surface area contributed by atoms with Gasteiger partial charge in [-0.25, -0.2) is 0 Å². The van der Waals surface area contributed by atoms with Crippen molar-refractivity contribution in [2.45, 2.75) is 134 Å². The van der Waals surface area contributed by atoms with Gasteiger partial charge in [-0.1, -0.05) is 117 Å². The number of carbonyl (C=O) groups is 2. The molecule has 1 amide bonds. The van der Waals surface area contributed by atoms with E-state index in [4.69, 9.17) is 5.73 Å². The standard InChI is InChI=1S/C14H22N2O.C12H16BrNO.C8H18N2.C6H14/c1-10(2)14(17)13(16-11(3)4)8-12-6-5-7-15-9-12;1-8(2)12(15)14-9(3)10-4-6-11(13)7-5-10;1-7(2)5-4-6-10-8(3)9;1-5(2)6(3)4/h5-7,9-11,13,16H,8H2,1-4H3;4-9H,1-3H3,(H,14,15);7H,4-6H2,1-3H3,(H2,9,10);5-6H,1-4H3/t13-;9-;;/m01../s1. The van der Waals surface area contributed by atoms with Crippen LogP contribution in [0.3, 0.4) is 0 Å². The number of nitrogens with zero attached hydrogens (tertiary/aromatic N) is 2. The molecular formula is C40H70BrN5O2. The molecule has 2 rings (SSSR count). The summed E-state index contributed by atoms with van der Waals surface area (Å²) in [6.07, 6.45) is 6.69. The van der Waals surface area contributed by atoms with Crippen LogP contribution in [0.15, 0.2) is 58.3 Å². The molecule has 0 unspecified atom stereocenters. The Labute approximate surface area is 303 Å². The molecule has 0 saturated carbocycles. The topological polar surface area (TPSA) is 109 Å². The summed E-state index contributed by atoms with van der Waals surface area (Å²) in [6, 6.07) is 12.1. The smallest absolute Gasteiger partial charge is 0.223 e. The van der Waals surface area contributed by atoms with Crippen molar-refractivity contribution in [3.05, 3.63) is 64.4 Å². The molecule has 274 valence electrons. The van der Waals surface area contributed by atoms with Gasteiger partial charge in [0, 0.05) is 41.3 Å². The van der Waals surface area contributed by atoms with Crippen molar-refractivity contribution in [3.63, 3.8) is 0 Å². The Morgan fingerprint density at radius 3 is 1.81 bits per heavy atom. The first kappa shape index (κ1) is 47.5. The molecule has 4 N–H and O–H groups in total. The first-order valence-electron chi connectivity index (χ1n) is 17.8. The predicted molar refractivity (Wildman–Crippen MR) is 211 cm³/mol. The van der Waals surface area contributed by atoms with Crippen molar-refractivity contribution >= 4 is 33.5 Å². The molecule has 0 spiro atoms. The third kappa shape index (κ3) is 26.4. The number of amidine groups is 1. The number of Topliss-reactive ketones (excluding diaryl/α,β-unsaturated/α-hetero) is 1. The van der Waals surface area contributed by atoms with Crippen molar-refractivity contribution in [2.75, 3.05) is 6.54 Å². The third-order valence-electron chi connectivity index (χ3n) is 7.50. The van der Waals surface area contributed by atoms with Gasteiger partial charge >= 0.3 is 0 Å². The van der Waals surface area contributed by atoms with Gasteiger partial charge in [-0.05, 0) is 80.2 Å². The van der Waals surface area contributed by atoms with E-state index in [1.54, 1.807) is 6.20 Å². The molecule has 1 heterocycles. The molecule has 1 aromatic carbocycles. The first-order chi connectivity index (χ1) is 22.3. The summed E-state index contributed by atoms with van der Waals surface area (Å²) in [5.41, 5.74) is 7.57. The summed E-state index contributed by atoms with van der Waals surface area (Å²) < 4.78 is 1.05. The van der Waals surface area contributed by atoms with Gasteiger partial charge < -0.3 is 16.4 Å². The number of rotatable bonds is 14. The molecule has 8 heteroatoms. The number of carbonyl (C=O) groups excluding carboxylic acids is 2. The van der Waals surface area contributed by atoms with E-state index in [9.17, 15) is 9.59 Å². The quantitative estimate of drug-likeness (QED) is 0.102. The number of hydrogen-bond acceptors (Lipinski definition) is 5. The van der Waals surface area contributed by atoms with Crippen LogP contribution in [-0.4, -0.2) is 41.1 Å². The van der Waals surface area contributed by atoms with Crippen molar-refractivity contribution in [2.24, 2.45) is 40.3 Å². The highest BCUT2D eigenvalue weighted by Crippen LogP contribution is 2.17. The van der Waals surface area contributed by atoms with Crippen molar-refractivity contribution in [1.82, 2.24) is 15.6 Å². The summed E-state index contributed by atoms with van der Waals surface area (Å²) in [5.74, 6) is 3.63. The molecule has 0 aliphatic carbocycles. The zero-order valence-corrected chi connectivity index (χ0v) is 34.3. The highest BCUT2D eigenvalue weighted by molar-refractivity contribution is 9.10. The normalized spacial score (nSPS) is 12.6. The van der Waals surface area contributed by atoms with Crippen LogP contribution >= 0.6 is 15.9 Å². The van der Waals surface area contributed by atoms with E-state index in [0.717, 1.165) is 46.3 Å². The van der Waals surface area contributed by atoms with Gasteiger partial charge in [-0.3, -0.25) is 19.6 Å². The van der Waals surface area contributed by atoms with Crippen LogP contribution in [0.4, 0.5) is 0 Å². The zero-order valence-electron chi connectivity index (χ0n) is 32.7. The molecule has 0 bridgehead atoms. The Bertz CT molecular complexity index is 1120. The monoisotopic (exact) mass is 731 g/mol. The van der Waals surface area contributed by atoms with E-state index in [1.165, 1.54) is 6.42 Å². The Hall–Kier alpha value is -2.58. The maximum Gasteiger partial charge on any atom is 0.223 e. The second-order valence-electron chi connectivity index (χ2n) is 14.5. The van der Waals surface area contributed by atoms with Gasteiger partial charge in [0.2, 0.25) is 5.91 Å². The number of nitrogens with two attached hydrogens (primary N) is 1. The maximum absolute atomic E-state index is 12.1. The number of aromatic nitrogens is 1. The fourth-order valence-corrected chi connectivity index (χ4v) is 4.04. The van der Waals surface area contributed by atoms with Crippen LogP contribution in [0.1, 0.15) is 127 Å². The van der Waals surface area contributed by atoms with Gasteiger partial charge in [0.1, 0.15) is 0 Å². The molecule has 0 fully saturated rings. The Morgan fingerprint density at radius 1 is 0.854 bits per heavy atom. The lowest BCUT2D eigenvalue weighted by Gasteiger charge is -2.21. The van der Waals surface area contributed by atoms with Gasteiger partial charge in [0.15, 0.2) is 5.78 Å². The van der Waals surface area contributed by atoms with Crippen molar-refractivity contribution in [3.8, 4) is 0 Å². The average Bonchev–Trinajstić information content (AvgIpc) is 3.00. The number of ketones is 1. The Balaban J connectivity index is 0. The van der Waals surface area contributed by atoms with E-state index < -0.39 is 0 Å². The zero-order chi connectivity index (χ0) is 37.4. The molecule has 1 aromatic heterocycles. The van der Waals surface area contributed by atoms with E-state index >= 15 is 0 Å². The van der Waals surface area contributed by atoms with Gasteiger partial charge in [0.05, 0.1) is 17.9 Å². The fraction of sp³-hybridized carbons (Fsp3) is 0.650. The van der Waals surface area contributed by atoms with Crippen LogP contribution in [0.5, 0.6) is 0 Å². The molecular weight excluding hydrogens is 662 g/mol. The van der Waals surface area contributed by atoms with Gasteiger partial charge in [-0.15, -0.1) is 0 Å². The number of pyridine rings is 1. The summed E-state index contributed by atoms with van der Waals surface area (Å²) >= 11 is 3.38. The predicted octanol–water partition coefficient (Wildman–Crippen LogP) is 9.60. The van der Waals surface area contributed by atoms with E-state index in [1.807, 2.05) is 84.1 Å². The highest BCUT2D eigenvalue weighted by atomic mass is 79.9. The molecule has 2 aromatic rings. The number of aliphatic imine (C=N–C) groups is 1. The van der Waals surface area contributed by atoms with Crippen LogP contribution in [-0.2, 0) is 16.0 Å². The van der Waals surface area contributed by atoms with E-state index in [0.29, 0.717) is 18.3 Å². The van der Waals surface area contributed by atoms with Crippen molar-refractivity contribution in [1.29, 1.82) is 0 Å². The number of amides is 1. The van der Waals surface area contributed by atoms with Crippen LogP contribution < -0.4 is 16.4 Å². The lowest BCUT2D eigenvalue weighted by atomic mass is 9.96. The lowest BCUT2D eigenvalue weighted by molar-refractivity contribution is -0.125. The first-order valence-corrected chi connectivity index (χ1v) is 18.6. The summed E-state index contributed by atoms with van der Waals surface area (Å²) in [5, 5.41) is 6.29. The minimum atomic E-state index is -0.112. The summed E-state index contributed by atoms with van der Waals surface area (Å²) in [7, 11) is 0. The number of benzene rings is 1. The van der Waals surface area contributed by atoms with E-state index in [-0.39, 0.29) is 35.6 Å². The highest BCUT2D eigenvalue weighted by Gasteiger charge is 2.22. The molecule has 0 aliphatic heterocycles. The number of hydrogen-bond donors (Lipinski definition) is 3. The molecule has 0 aliphatic rings. The lowest BCUT2D eigenvalue weighted by Crippen LogP contribution is -2.44. The minimum Gasteiger partial charge on any atom is -0.388 e. The summed E-state index contributed by atoms with van der Waals surface area (Å²) in [6.45, 7) is 29.9. The van der Waals surface area contributed by atoms with Crippen LogP contribution in [0, 0.1) is 29.6 Å². The Kier molecular flexibility index (Phi) is 27.0. The molecule has 48 heavy (non-hydrogen) atoms. The molecule has 2 atom stereocenters. The van der Waals surface area contributed by atoms with Crippen molar-refractivity contribution < 1.29 is 9.59 Å². The molecule has 7 nitrogen and oxygen atoms in total. The van der Waals surface area contributed by atoms with E-state index in [2.05, 4.69) is 91.9 Å². The molecule has 0 radical (unpaired) electrons. The average molecular weight is 733 g/mol. The minimum absolute atomic E-state index is 0.0305. The Morgan fingerprint density at radius 2 is 1.42 bits per heavy atom. The fourth-order valence-electron chi connectivity index (χ4n) is 3.77. The summed E-state index contributed by atoms with van der Waals surface area (Å²) in [4.78, 5) is 31.7. The third-order valence-corrected chi connectivity index (χ3v) is 8.03. The molecule has 0 saturated heterocycles. The van der Waals surface area contributed by atoms with Gasteiger partial charge in [0.25, 0.3) is 0 Å². The maximum atomic E-state index is 12.1. The van der Waals surface area contributed by atoms with Crippen LogP contribution in [0.2, 0.25) is 0 Å². The largest absolute Gasteiger partial charge is 0.388 e. The second kappa shape index (κ2) is 27.3. The second-order valence-corrected chi connectivity index (χ2v) is 15.4. The van der Waals surface area contributed by atoms with Crippen LogP contribution in [0.25, 0.3) is 0 Å². The SMILES string of the molecule is CC(C)C(=O)N[C@H](C)c1ccc(Br)cc1.CC(C)C(C)C.CC(C)N[C@@H](Cc1cccnc1)C(=O)C(C)C.CC(N)=NCCCC(C)C. The van der Waals surface area contributed by atoms with Gasteiger partial charge in [-0.2, -0.15) is 0 Å².